The second kappa shape index (κ2) is 12.7. The van der Waals surface area contributed by atoms with Crippen LogP contribution in [0.5, 0.6) is 5.75 Å². The Kier molecular flexibility index (Phi) is 9.35. The van der Waals surface area contributed by atoms with Gasteiger partial charge in [-0.15, -0.1) is 11.3 Å². The molecule has 2 aromatic heterocycles. The van der Waals surface area contributed by atoms with Crippen LogP contribution in [0.25, 0.3) is 10.9 Å². The highest BCUT2D eigenvalue weighted by molar-refractivity contribution is 7.10. The van der Waals surface area contributed by atoms with Gasteiger partial charge >= 0.3 is 5.97 Å². The molecule has 0 bridgehead atoms. The van der Waals surface area contributed by atoms with E-state index in [0.29, 0.717) is 24.7 Å². The van der Waals surface area contributed by atoms with E-state index in [2.05, 4.69) is 28.3 Å². The van der Waals surface area contributed by atoms with Crippen molar-refractivity contribution in [2.45, 2.75) is 58.0 Å². The first-order chi connectivity index (χ1) is 17.4. The maximum Gasteiger partial charge on any atom is 0.303 e. The van der Waals surface area contributed by atoms with Crippen LogP contribution in [0.4, 0.5) is 0 Å². The molecule has 1 aromatic carbocycles. The summed E-state index contributed by atoms with van der Waals surface area (Å²) in [7, 11) is 1.64. The highest BCUT2D eigenvalue weighted by atomic mass is 32.1. The van der Waals surface area contributed by atoms with Gasteiger partial charge in [0.05, 0.1) is 18.7 Å². The van der Waals surface area contributed by atoms with Crippen LogP contribution in [0, 0.1) is 18.8 Å². The molecular weight excluding hydrogens is 472 g/mol. The van der Waals surface area contributed by atoms with Crippen LogP contribution in [0.15, 0.2) is 41.9 Å². The SMILES string of the molecule is COc1ccc2nccc(C(O)CC[C@@H]3CCN(CCCc4sccc4C)C[C@@H]3CCC(=O)O)c2c1. The highest BCUT2D eigenvalue weighted by Crippen LogP contribution is 2.35. The van der Waals surface area contributed by atoms with Crippen LogP contribution in [0.2, 0.25) is 0 Å². The number of aryl methyl sites for hydroxylation is 2. The lowest BCUT2D eigenvalue weighted by atomic mass is 9.79. The summed E-state index contributed by atoms with van der Waals surface area (Å²) in [5, 5.41) is 23.5. The summed E-state index contributed by atoms with van der Waals surface area (Å²) >= 11 is 1.84. The molecule has 2 N–H and O–H groups in total. The van der Waals surface area contributed by atoms with Gasteiger partial charge in [0, 0.05) is 29.4 Å². The fourth-order valence-corrected chi connectivity index (χ4v) is 6.54. The lowest BCUT2D eigenvalue weighted by molar-refractivity contribution is -0.137. The molecule has 194 valence electrons. The average molecular weight is 511 g/mol. The van der Waals surface area contributed by atoms with E-state index < -0.39 is 12.1 Å². The number of carbonyl (C=O) groups is 1. The topological polar surface area (TPSA) is 82.9 Å². The zero-order chi connectivity index (χ0) is 25.5. The number of carboxylic acids is 1. The fraction of sp³-hybridized carbons (Fsp3) is 0.517. The number of likely N-dealkylation sites (tertiary alicyclic amines) is 1. The van der Waals surface area contributed by atoms with E-state index in [1.807, 2.05) is 35.6 Å². The van der Waals surface area contributed by atoms with Crippen molar-refractivity contribution < 1.29 is 19.7 Å². The maximum absolute atomic E-state index is 11.3. The van der Waals surface area contributed by atoms with Gasteiger partial charge in [-0.3, -0.25) is 9.78 Å². The molecule has 1 fully saturated rings. The van der Waals surface area contributed by atoms with Gasteiger partial charge in [-0.05, 0) is 117 Å². The van der Waals surface area contributed by atoms with Crippen LogP contribution in [0.1, 0.15) is 60.6 Å². The number of aliphatic carboxylic acids is 1. The van der Waals surface area contributed by atoms with Crippen LogP contribution < -0.4 is 4.74 Å². The molecule has 0 spiro atoms. The van der Waals surface area contributed by atoms with Crippen molar-refractivity contribution in [3.8, 4) is 5.75 Å². The van der Waals surface area contributed by atoms with E-state index in [-0.39, 0.29) is 6.42 Å². The number of nitrogens with zero attached hydrogens (tertiary/aromatic N) is 2. The molecule has 0 saturated carbocycles. The fourth-order valence-electron chi connectivity index (χ4n) is 5.59. The third-order valence-corrected chi connectivity index (χ3v) is 8.79. The Morgan fingerprint density at radius 3 is 2.86 bits per heavy atom. The van der Waals surface area contributed by atoms with Crippen LogP contribution in [-0.4, -0.2) is 52.8 Å². The van der Waals surface area contributed by atoms with E-state index in [1.54, 1.807) is 13.3 Å². The summed E-state index contributed by atoms with van der Waals surface area (Å²) in [4.78, 5) is 19.7. The molecule has 6 nitrogen and oxygen atoms in total. The highest BCUT2D eigenvalue weighted by Gasteiger charge is 2.30. The predicted octanol–water partition coefficient (Wildman–Crippen LogP) is 5.86. The first-order valence-electron chi connectivity index (χ1n) is 13.0. The number of thiophene rings is 1. The number of hydrogen-bond acceptors (Lipinski definition) is 6. The Morgan fingerprint density at radius 2 is 2.11 bits per heavy atom. The molecule has 1 unspecified atom stereocenters. The monoisotopic (exact) mass is 510 g/mol. The van der Waals surface area contributed by atoms with Gasteiger partial charge in [0.1, 0.15) is 5.75 Å². The molecule has 0 radical (unpaired) electrons. The number of aromatic nitrogens is 1. The molecule has 3 atom stereocenters. The second-order valence-electron chi connectivity index (χ2n) is 10.0. The van der Waals surface area contributed by atoms with Crippen molar-refractivity contribution in [2.75, 3.05) is 26.7 Å². The van der Waals surface area contributed by atoms with Gasteiger partial charge in [-0.2, -0.15) is 0 Å². The van der Waals surface area contributed by atoms with Crippen LogP contribution in [0.3, 0.4) is 0 Å². The summed E-state index contributed by atoms with van der Waals surface area (Å²) in [6, 6.07) is 9.82. The van der Waals surface area contributed by atoms with E-state index in [1.165, 1.54) is 10.4 Å². The van der Waals surface area contributed by atoms with Gasteiger partial charge in [0.25, 0.3) is 0 Å². The quantitative estimate of drug-likeness (QED) is 0.317. The van der Waals surface area contributed by atoms with E-state index in [4.69, 9.17) is 4.74 Å². The molecule has 1 aliphatic rings. The largest absolute Gasteiger partial charge is 0.497 e. The molecule has 4 rings (SSSR count). The summed E-state index contributed by atoms with van der Waals surface area (Å²) in [6.45, 7) is 5.23. The first-order valence-corrected chi connectivity index (χ1v) is 13.9. The zero-order valence-corrected chi connectivity index (χ0v) is 22.2. The Hall–Kier alpha value is -2.48. The number of pyridine rings is 1. The Balaban J connectivity index is 1.36. The predicted molar refractivity (Wildman–Crippen MR) is 145 cm³/mol. The van der Waals surface area contributed by atoms with Crippen molar-refractivity contribution in [3.63, 3.8) is 0 Å². The summed E-state index contributed by atoms with van der Waals surface area (Å²) < 4.78 is 5.38. The third-order valence-electron chi connectivity index (χ3n) is 7.70. The lowest BCUT2D eigenvalue weighted by Gasteiger charge is -2.39. The summed E-state index contributed by atoms with van der Waals surface area (Å²) in [5.74, 6) is 0.799. The summed E-state index contributed by atoms with van der Waals surface area (Å²) in [5.41, 5.74) is 3.11. The number of aliphatic hydroxyl groups excluding tert-OH is 1. The minimum atomic E-state index is -0.726. The number of aliphatic hydroxyl groups is 1. The van der Waals surface area contributed by atoms with Gasteiger partial charge in [-0.1, -0.05) is 0 Å². The Labute approximate surface area is 217 Å². The number of rotatable bonds is 12. The smallest absolute Gasteiger partial charge is 0.303 e. The number of carboxylic acid groups (broad SMARTS) is 1. The van der Waals surface area contributed by atoms with Gasteiger partial charge < -0.3 is 19.8 Å². The lowest BCUT2D eigenvalue weighted by Crippen LogP contribution is -2.41. The molecule has 0 aliphatic carbocycles. The molecule has 3 heterocycles. The molecule has 7 heteroatoms. The molecule has 1 saturated heterocycles. The van der Waals surface area contributed by atoms with E-state index in [9.17, 15) is 15.0 Å². The Bertz CT molecular complexity index is 1150. The van der Waals surface area contributed by atoms with Gasteiger partial charge in [0.2, 0.25) is 0 Å². The van der Waals surface area contributed by atoms with Crippen molar-refractivity contribution in [2.24, 2.45) is 11.8 Å². The van der Waals surface area contributed by atoms with Crippen molar-refractivity contribution >= 4 is 28.2 Å². The maximum atomic E-state index is 11.3. The first kappa shape index (κ1) is 26.6. The number of hydrogen-bond donors (Lipinski definition) is 2. The molecule has 0 amide bonds. The van der Waals surface area contributed by atoms with E-state index >= 15 is 0 Å². The van der Waals surface area contributed by atoms with Gasteiger partial charge in [-0.25, -0.2) is 0 Å². The number of ether oxygens (including phenoxy) is 1. The number of piperidine rings is 1. The van der Waals surface area contributed by atoms with Crippen molar-refractivity contribution in [1.29, 1.82) is 0 Å². The van der Waals surface area contributed by atoms with E-state index in [0.717, 1.165) is 67.5 Å². The molecule has 36 heavy (non-hydrogen) atoms. The molecule has 3 aromatic rings. The minimum Gasteiger partial charge on any atom is -0.497 e. The normalized spacial score (nSPS) is 19.4. The Morgan fingerprint density at radius 1 is 1.25 bits per heavy atom. The molecular formula is C29H38N2O4S. The number of methoxy groups -OCH3 is 1. The van der Waals surface area contributed by atoms with Crippen molar-refractivity contribution in [1.82, 2.24) is 9.88 Å². The average Bonchev–Trinajstić information content (AvgIpc) is 3.30. The minimum absolute atomic E-state index is 0.209. The number of benzene rings is 1. The molecule has 1 aliphatic heterocycles. The summed E-state index contributed by atoms with van der Waals surface area (Å²) in [6.07, 6.45) is 6.92. The van der Waals surface area contributed by atoms with Crippen LogP contribution in [-0.2, 0) is 11.2 Å². The van der Waals surface area contributed by atoms with Crippen LogP contribution >= 0.6 is 11.3 Å². The van der Waals surface area contributed by atoms with Gasteiger partial charge in [0.15, 0.2) is 0 Å². The second-order valence-corrected chi connectivity index (χ2v) is 11.0. The number of fused-ring (bicyclic) bond motifs is 1. The zero-order valence-electron chi connectivity index (χ0n) is 21.4. The standard InChI is InChI=1S/C29H38N2O4S/c1-20-13-17-36-28(20)4-3-15-31-16-12-21(22(19-31)6-10-29(33)34)5-9-27(32)24-11-14-30-26-8-7-23(35-2)18-25(24)26/h7-8,11,13-14,17-18,21-22,27,32H,3-6,9-10,12,15-16,19H2,1-2H3,(H,33,34)/t21-,22+,27?/m1/s1. The third kappa shape index (κ3) is 6.84. The van der Waals surface area contributed by atoms with Crippen molar-refractivity contribution in [3.05, 3.63) is 57.9 Å².